The number of nitrogens with two attached hydrogens (primary N) is 1. The molecule has 0 spiro atoms. The number of hydrogen-bond donors (Lipinski definition) is 2. The maximum Gasteiger partial charge on any atom is 0.238 e. The number of hydrogen-bond acceptors (Lipinski definition) is 3. The van der Waals surface area contributed by atoms with Crippen LogP contribution in [-0.2, 0) is 24.1 Å². The molecule has 0 aliphatic carbocycles. The zero-order valence-corrected chi connectivity index (χ0v) is 16.5. The molecule has 142 valence electrons. The summed E-state index contributed by atoms with van der Waals surface area (Å²) >= 11 is 0. The van der Waals surface area contributed by atoms with Gasteiger partial charge in [0.1, 0.15) is 0 Å². The molecule has 0 saturated carbocycles. The molecule has 0 radical (unpaired) electrons. The summed E-state index contributed by atoms with van der Waals surface area (Å²) in [5.41, 5.74) is 7.17. The van der Waals surface area contributed by atoms with Gasteiger partial charge in [0, 0.05) is 18.8 Å². The van der Waals surface area contributed by atoms with E-state index in [-0.39, 0.29) is 30.7 Å². The molecule has 1 amide bonds. The van der Waals surface area contributed by atoms with Gasteiger partial charge in [-0.05, 0) is 54.5 Å². The van der Waals surface area contributed by atoms with Crippen LogP contribution in [0.4, 0.5) is 5.69 Å². The lowest BCUT2D eigenvalue weighted by molar-refractivity contribution is -0.120. The van der Waals surface area contributed by atoms with E-state index in [4.69, 9.17) is 5.84 Å². The third-order valence-electron chi connectivity index (χ3n) is 4.63. The lowest BCUT2D eigenvalue weighted by Gasteiger charge is -2.18. The molecule has 6 heteroatoms. The van der Waals surface area contributed by atoms with Gasteiger partial charge in [-0.15, -0.1) is 24.8 Å². The standard InChI is InChI=1S/C20H25N3O.2ClH/c21-22-20(24)15-18-10-7-16(8-11-18)6-9-17-4-3-5-19(14-17)23-12-1-2-13-23;;/h3-5,7-8,10-11,14H,1-2,6,9,12-13,15,21H2,(H,22,24);2*1H. The van der Waals surface area contributed by atoms with Crippen molar-refractivity contribution in [2.45, 2.75) is 32.1 Å². The maximum absolute atomic E-state index is 11.3. The number of anilines is 1. The second-order valence-corrected chi connectivity index (χ2v) is 6.42. The van der Waals surface area contributed by atoms with E-state index in [0.717, 1.165) is 18.4 Å². The Morgan fingerprint density at radius 2 is 1.54 bits per heavy atom. The largest absolute Gasteiger partial charge is 0.372 e. The van der Waals surface area contributed by atoms with Crippen molar-refractivity contribution in [2.24, 2.45) is 5.84 Å². The Morgan fingerprint density at radius 1 is 0.923 bits per heavy atom. The van der Waals surface area contributed by atoms with Crippen molar-refractivity contribution in [3.05, 3.63) is 65.2 Å². The monoisotopic (exact) mass is 395 g/mol. The van der Waals surface area contributed by atoms with E-state index in [9.17, 15) is 4.79 Å². The number of carbonyl (C=O) groups excluding carboxylic acids is 1. The first-order valence-electron chi connectivity index (χ1n) is 8.66. The number of hydrazine groups is 1. The number of carbonyl (C=O) groups is 1. The molecule has 1 saturated heterocycles. The summed E-state index contributed by atoms with van der Waals surface area (Å²) < 4.78 is 0. The fourth-order valence-corrected chi connectivity index (χ4v) is 3.23. The fourth-order valence-electron chi connectivity index (χ4n) is 3.23. The van der Waals surface area contributed by atoms with Crippen LogP contribution in [-0.4, -0.2) is 19.0 Å². The first kappa shape index (κ1) is 22.3. The fraction of sp³-hybridized carbons (Fsp3) is 0.350. The molecule has 1 aliphatic heterocycles. The van der Waals surface area contributed by atoms with E-state index in [1.165, 1.54) is 42.7 Å². The number of benzene rings is 2. The molecule has 2 aromatic rings. The van der Waals surface area contributed by atoms with Crippen LogP contribution in [0, 0.1) is 0 Å². The van der Waals surface area contributed by atoms with Crippen molar-refractivity contribution in [3.8, 4) is 0 Å². The van der Waals surface area contributed by atoms with E-state index < -0.39 is 0 Å². The normalized spacial score (nSPS) is 12.9. The first-order chi connectivity index (χ1) is 11.7. The topological polar surface area (TPSA) is 58.4 Å². The Labute approximate surface area is 167 Å². The van der Waals surface area contributed by atoms with Gasteiger partial charge in [0.25, 0.3) is 0 Å². The average Bonchev–Trinajstić information content (AvgIpc) is 3.16. The van der Waals surface area contributed by atoms with E-state index in [0.29, 0.717) is 6.42 Å². The molecule has 0 unspecified atom stereocenters. The molecule has 1 fully saturated rings. The van der Waals surface area contributed by atoms with E-state index in [1.807, 2.05) is 12.1 Å². The molecule has 2 aromatic carbocycles. The third-order valence-corrected chi connectivity index (χ3v) is 4.63. The third kappa shape index (κ3) is 6.20. The zero-order valence-electron chi connectivity index (χ0n) is 14.8. The average molecular weight is 396 g/mol. The van der Waals surface area contributed by atoms with Crippen LogP contribution in [0.25, 0.3) is 0 Å². The van der Waals surface area contributed by atoms with Crippen LogP contribution in [0.15, 0.2) is 48.5 Å². The van der Waals surface area contributed by atoms with Crippen molar-refractivity contribution in [1.29, 1.82) is 0 Å². The number of nitrogens with zero attached hydrogens (tertiary/aromatic N) is 1. The minimum atomic E-state index is -0.165. The summed E-state index contributed by atoms with van der Waals surface area (Å²) in [7, 11) is 0. The van der Waals surface area contributed by atoms with Gasteiger partial charge in [-0.2, -0.15) is 0 Å². The highest BCUT2D eigenvalue weighted by atomic mass is 35.5. The molecular formula is C20H27Cl2N3O. The number of amides is 1. The molecule has 3 N–H and O–H groups in total. The summed E-state index contributed by atoms with van der Waals surface area (Å²) in [4.78, 5) is 13.8. The van der Waals surface area contributed by atoms with Gasteiger partial charge in [-0.1, -0.05) is 36.4 Å². The predicted octanol–water partition coefficient (Wildman–Crippen LogP) is 3.45. The Hall–Kier alpha value is -1.75. The van der Waals surface area contributed by atoms with Crippen molar-refractivity contribution in [3.63, 3.8) is 0 Å². The molecule has 1 heterocycles. The van der Waals surface area contributed by atoms with E-state index >= 15 is 0 Å². The summed E-state index contributed by atoms with van der Waals surface area (Å²) in [6.45, 7) is 2.36. The summed E-state index contributed by atoms with van der Waals surface area (Å²) in [5.74, 6) is 4.95. The van der Waals surface area contributed by atoms with E-state index in [1.54, 1.807) is 0 Å². The minimum Gasteiger partial charge on any atom is -0.372 e. The highest BCUT2D eigenvalue weighted by Gasteiger charge is 2.12. The van der Waals surface area contributed by atoms with Gasteiger partial charge < -0.3 is 4.90 Å². The van der Waals surface area contributed by atoms with Gasteiger partial charge in [0.15, 0.2) is 0 Å². The molecule has 1 aliphatic rings. The molecule has 0 bridgehead atoms. The second kappa shape index (κ2) is 11.1. The van der Waals surface area contributed by atoms with Gasteiger partial charge >= 0.3 is 0 Å². The number of nitrogens with one attached hydrogen (secondary N) is 1. The number of aryl methyl sites for hydroxylation is 2. The molecule has 0 aromatic heterocycles. The number of rotatable bonds is 6. The smallest absolute Gasteiger partial charge is 0.238 e. The van der Waals surface area contributed by atoms with E-state index in [2.05, 4.69) is 46.7 Å². The molecule has 0 atom stereocenters. The van der Waals surface area contributed by atoms with Gasteiger partial charge in [-0.3, -0.25) is 10.2 Å². The lowest BCUT2D eigenvalue weighted by Crippen LogP contribution is -2.31. The molecule has 26 heavy (non-hydrogen) atoms. The number of halogens is 2. The highest BCUT2D eigenvalue weighted by molar-refractivity contribution is 5.85. The van der Waals surface area contributed by atoms with Gasteiger partial charge in [0.05, 0.1) is 6.42 Å². The highest BCUT2D eigenvalue weighted by Crippen LogP contribution is 2.22. The van der Waals surface area contributed by atoms with Crippen molar-refractivity contribution >= 4 is 36.4 Å². The summed E-state index contributed by atoms with van der Waals surface area (Å²) in [6, 6.07) is 17.1. The zero-order chi connectivity index (χ0) is 16.8. The lowest BCUT2D eigenvalue weighted by atomic mass is 10.0. The first-order valence-corrected chi connectivity index (χ1v) is 8.66. The quantitative estimate of drug-likeness (QED) is 0.447. The molecule has 4 nitrogen and oxygen atoms in total. The van der Waals surface area contributed by atoms with Gasteiger partial charge in [0.2, 0.25) is 5.91 Å². The summed E-state index contributed by atoms with van der Waals surface area (Å²) in [5, 5.41) is 0. The van der Waals surface area contributed by atoms with Crippen LogP contribution in [0.1, 0.15) is 29.5 Å². The summed E-state index contributed by atoms with van der Waals surface area (Å²) in [6.07, 6.45) is 4.98. The van der Waals surface area contributed by atoms with Crippen molar-refractivity contribution in [2.75, 3.05) is 18.0 Å². The molecule has 3 rings (SSSR count). The van der Waals surface area contributed by atoms with Crippen molar-refractivity contribution in [1.82, 2.24) is 5.43 Å². The van der Waals surface area contributed by atoms with Crippen LogP contribution < -0.4 is 16.2 Å². The Bertz CT molecular complexity index is 686. The van der Waals surface area contributed by atoms with Gasteiger partial charge in [-0.25, -0.2) is 5.84 Å². The van der Waals surface area contributed by atoms with Crippen LogP contribution >= 0.6 is 24.8 Å². The van der Waals surface area contributed by atoms with Crippen LogP contribution in [0.3, 0.4) is 0 Å². The van der Waals surface area contributed by atoms with Crippen molar-refractivity contribution < 1.29 is 4.79 Å². The molecular weight excluding hydrogens is 369 g/mol. The van der Waals surface area contributed by atoms with Crippen LogP contribution in [0.5, 0.6) is 0 Å². The minimum absolute atomic E-state index is 0. The second-order valence-electron chi connectivity index (χ2n) is 6.42. The Morgan fingerprint density at radius 3 is 2.19 bits per heavy atom. The Kier molecular flexibility index (Phi) is 9.49. The SMILES string of the molecule is Cl.Cl.NNC(=O)Cc1ccc(CCc2cccc(N3CCCC3)c2)cc1. The Balaban J connectivity index is 0.00000169. The maximum atomic E-state index is 11.3. The van der Waals surface area contributed by atoms with Crippen LogP contribution in [0.2, 0.25) is 0 Å². The predicted molar refractivity (Wildman–Crippen MR) is 112 cm³/mol.